The summed E-state index contributed by atoms with van der Waals surface area (Å²) in [5.41, 5.74) is 6.22. The Morgan fingerprint density at radius 3 is 2.55 bits per heavy atom. The van der Waals surface area contributed by atoms with Crippen molar-refractivity contribution in [2.75, 3.05) is 19.6 Å². The molecule has 122 valence electrons. The predicted octanol–water partition coefficient (Wildman–Crippen LogP) is 1.34. The smallest absolute Gasteiger partial charge is 0.269 e. The van der Waals surface area contributed by atoms with E-state index in [0.29, 0.717) is 31.1 Å². The summed E-state index contributed by atoms with van der Waals surface area (Å²) in [5, 5.41) is 10.6. The van der Waals surface area contributed by atoms with E-state index < -0.39 is 14.9 Å². The minimum atomic E-state index is -3.43. The van der Waals surface area contributed by atoms with E-state index in [1.165, 1.54) is 28.6 Å². The molecule has 0 radical (unpaired) electrons. The molecule has 0 bridgehead atoms. The van der Waals surface area contributed by atoms with Crippen LogP contribution in [0.1, 0.15) is 18.9 Å². The standard InChI is InChI=1S/C14H21N3O4S/c1-11-6-7-16(9-13(11)8-15)22(20,21)10-12-2-4-14(5-3-12)17(18)19/h2-5,11,13H,6-10,15H2,1H3. The third-order valence-electron chi connectivity index (χ3n) is 4.27. The van der Waals surface area contributed by atoms with Crippen LogP contribution in [0, 0.1) is 22.0 Å². The van der Waals surface area contributed by atoms with Crippen molar-refractivity contribution in [2.24, 2.45) is 17.6 Å². The van der Waals surface area contributed by atoms with Gasteiger partial charge in [-0.15, -0.1) is 0 Å². The molecule has 0 aliphatic carbocycles. The number of benzene rings is 1. The summed E-state index contributed by atoms with van der Waals surface area (Å²) in [6.07, 6.45) is 0.807. The Morgan fingerprint density at radius 2 is 2.00 bits per heavy atom. The molecule has 2 rings (SSSR count). The van der Waals surface area contributed by atoms with E-state index in [0.717, 1.165) is 6.42 Å². The molecule has 1 fully saturated rings. The number of hydrogen-bond acceptors (Lipinski definition) is 5. The second-order valence-electron chi connectivity index (χ2n) is 5.80. The highest BCUT2D eigenvalue weighted by Crippen LogP contribution is 2.25. The Morgan fingerprint density at radius 1 is 1.36 bits per heavy atom. The summed E-state index contributed by atoms with van der Waals surface area (Å²) >= 11 is 0. The number of sulfonamides is 1. The van der Waals surface area contributed by atoms with Gasteiger partial charge in [-0.25, -0.2) is 12.7 Å². The second kappa shape index (κ2) is 6.72. The first-order chi connectivity index (χ1) is 10.3. The fourth-order valence-corrected chi connectivity index (χ4v) is 4.29. The van der Waals surface area contributed by atoms with Crippen LogP contribution < -0.4 is 5.73 Å². The van der Waals surface area contributed by atoms with Gasteiger partial charge in [0.25, 0.3) is 5.69 Å². The van der Waals surface area contributed by atoms with E-state index in [4.69, 9.17) is 5.73 Å². The van der Waals surface area contributed by atoms with Crippen molar-refractivity contribution in [3.63, 3.8) is 0 Å². The molecule has 2 unspecified atom stereocenters. The van der Waals surface area contributed by atoms with Crippen LogP contribution in [0.4, 0.5) is 5.69 Å². The summed E-state index contributed by atoms with van der Waals surface area (Å²) < 4.78 is 26.5. The van der Waals surface area contributed by atoms with Crippen LogP contribution in [0.5, 0.6) is 0 Å². The van der Waals surface area contributed by atoms with Crippen molar-refractivity contribution in [3.05, 3.63) is 39.9 Å². The van der Waals surface area contributed by atoms with E-state index in [1.807, 2.05) is 0 Å². The highest BCUT2D eigenvalue weighted by Gasteiger charge is 2.32. The van der Waals surface area contributed by atoms with Gasteiger partial charge in [-0.1, -0.05) is 19.1 Å². The molecule has 1 aliphatic heterocycles. The van der Waals surface area contributed by atoms with Crippen molar-refractivity contribution in [2.45, 2.75) is 19.1 Å². The normalized spacial score (nSPS) is 23.4. The summed E-state index contributed by atoms with van der Waals surface area (Å²) in [4.78, 5) is 10.1. The Kier molecular flexibility index (Phi) is 5.15. The first kappa shape index (κ1) is 16.9. The largest absolute Gasteiger partial charge is 0.330 e. The molecular formula is C14H21N3O4S. The van der Waals surface area contributed by atoms with Crippen molar-refractivity contribution < 1.29 is 13.3 Å². The zero-order valence-corrected chi connectivity index (χ0v) is 13.3. The lowest BCUT2D eigenvalue weighted by Crippen LogP contribution is -2.45. The van der Waals surface area contributed by atoms with E-state index in [-0.39, 0.29) is 17.4 Å². The van der Waals surface area contributed by atoms with Crippen molar-refractivity contribution in [1.82, 2.24) is 4.31 Å². The number of non-ortho nitro benzene ring substituents is 1. The summed E-state index contributed by atoms with van der Waals surface area (Å²) in [6, 6.07) is 5.63. The molecule has 0 saturated carbocycles. The Labute approximate surface area is 130 Å². The number of hydrogen-bond donors (Lipinski definition) is 1. The van der Waals surface area contributed by atoms with Gasteiger partial charge in [0.1, 0.15) is 0 Å². The van der Waals surface area contributed by atoms with Crippen molar-refractivity contribution in [1.29, 1.82) is 0 Å². The maximum absolute atomic E-state index is 12.5. The van der Waals surface area contributed by atoms with Crippen LogP contribution in [0.3, 0.4) is 0 Å². The van der Waals surface area contributed by atoms with Gasteiger partial charge in [-0.2, -0.15) is 0 Å². The minimum absolute atomic E-state index is 0.0452. The molecule has 1 aromatic carbocycles. The fourth-order valence-electron chi connectivity index (χ4n) is 2.69. The molecule has 0 amide bonds. The van der Waals surface area contributed by atoms with Gasteiger partial charge in [0.15, 0.2) is 0 Å². The predicted molar refractivity (Wildman–Crippen MR) is 83.6 cm³/mol. The van der Waals surface area contributed by atoms with Crippen molar-refractivity contribution in [3.8, 4) is 0 Å². The number of nitrogens with two attached hydrogens (primary N) is 1. The van der Waals surface area contributed by atoms with Crippen LogP contribution in [0.25, 0.3) is 0 Å². The van der Waals surface area contributed by atoms with Gasteiger partial charge in [-0.05, 0) is 30.4 Å². The molecule has 7 nitrogen and oxygen atoms in total. The molecule has 1 heterocycles. The van der Waals surface area contributed by atoms with Crippen LogP contribution in [0.15, 0.2) is 24.3 Å². The zero-order chi connectivity index (χ0) is 16.3. The molecular weight excluding hydrogens is 306 g/mol. The summed E-state index contributed by atoms with van der Waals surface area (Å²) in [6.45, 7) is 3.53. The van der Waals surface area contributed by atoms with Gasteiger partial charge < -0.3 is 5.73 Å². The van der Waals surface area contributed by atoms with Gasteiger partial charge in [0.2, 0.25) is 10.0 Å². The number of nitro groups is 1. The van der Waals surface area contributed by atoms with Crippen LogP contribution in [0.2, 0.25) is 0 Å². The zero-order valence-electron chi connectivity index (χ0n) is 12.5. The molecule has 8 heteroatoms. The lowest BCUT2D eigenvalue weighted by Gasteiger charge is -2.35. The molecule has 0 aromatic heterocycles. The SMILES string of the molecule is CC1CCN(S(=O)(=O)Cc2ccc([N+](=O)[O-])cc2)CC1CN. The topological polar surface area (TPSA) is 107 Å². The lowest BCUT2D eigenvalue weighted by atomic mass is 9.88. The highest BCUT2D eigenvalue weighted by molar-refractivity contribution is 7.88. The summed E-state index contributed by atoms with van der Waals surface area (Å²) in [7, 11) is -3.43. The van der Waals surface area contributed by atoms with Crippen LogP contribution in [-0.2, 0) is 15.8 Å². The average molecular weight is 327 g/mol. The van der Waals surface area contributed by atoms with E-state index >= 15 is 0 Å². The van der Waals surface area contributed by atoms with Gasteiger partial charge in [0, 0.05) is 25.2 Å². The van der Waals surface area contributed by atoms with Crippen molar-refractivity contribution >= 4 is 15.7 Å². The monoisotopic (exact) mass is 327 g/mol. The number of piperidine rings is 1. The van der Waals surface area contributed by atoms with Gasteiger partial charge in [-0.3, -0.25) is 10.1 Å². The maximum atomic E-state index is 12.5. The number of nitrogens with zero attached hydrogens (tertiary/aromatic N) is 2. The molecule has 1 saturated heterocycles. The van der Waals surface area contributed by atoms with Crippen LogP contribution >= 0.6 is 0 Å². The Hall–Kier alpha value is -1.51. The third-order valence-corrected chi connectivity index (χ3v) is 6.09. The highest BCUT2D eigenvalue weighted by atomic mass is 32.2. The summed E-state index contributed by atoms with van der Waals surface area (Å²) in [5.74, 6) is 0.465. The van der Waals surface area contributed by atoms with E-state index in [2.05, 4.69) is 6.92 Å². The second-order valence-corrected chi connectivity index (χ2v) is 7.77. The number of rotatable bonds is 5. The van der Waals surface area contributed by atoms with Gasteiger partial charge >= 0.3 is 0 Å². The molecule has 1 aromatic rings. The molecule has 2 atom stereocenters. The first-order valence-corrected chi connectivity index (χ1v) is 8.85. The molecule has 0 spiro atoms. The van der Waals surface area contributed by atoms with Crippen LogP contribution in [-0.4, -0.2) is 37.3 Å². The first-order valence-electron chi connectivity index (χ1n) is 7.24. The third kappa shape index (κ3) is 3.82. The average Bonchev–Trinajstić information content (AvgIpc) is 2.47. The van der Waals surface area contributed by atoms with Gasteiger partial charge in [0.05, 0.1) is 10.7 Å². The number of nitro benzene ring substituents is 1. The minimum Gasteiger partial charge on any atom is -0.330 e. The Bertz CT molecular complexity index is 630. The van der Waals surface area contributed by atoms with E-state index in [1.54, 1.807) is 0 Å². The molecule has 22 heavy (non-hydrogen) atoms. The molecule has 1 aliphatic rings. The van der Waals surface area contributed by atoms with E-state index in [9.17, 15) is 18.5 Å². The Balaban J connectivity index is 2.09. The fraction of sp³-hybridized carbons (Fsp3) is 0.571. The quantitative estimate of drug-likeness (QED) is 0.649. The maximum Gasteiger partial charge on any atom is 0.269 e. The molecule has 2 N–H and O–H groups in total. The lowest BCUT2D eigenvalue weighted by molar-refractivity contribution is -0.384.